The SMILES string of the molecule is CN(CCCCSOO[O-])c1ccc2c(c1)C(C)(C)C(C=C/C=C1/N(CCCCS(=O)(=O)[O-])c3ccc(N(C)CCCCS(=O)(=O)[O-])cc3C1(C)C)=[N+]2CCCCS(=O)(=O)O.[Na+].[Na+].[Na+]. The van der Waals surface area contributed by atoms with E-state index in [9.17, 15) is 44.2 Å². The molecule has 0 saturated heterocycles. The van der Waals surface area contributed by atoms with E-state index in [0.717, 1.165) is 76.7 Å². The molecular formula is C41H60N4Na3O12S4+. The number of fused-ring (bicyclic) bond motifs is 2. The van der Waals surface area contributed by atoms with Gasteiger partial charge in [-0.15, -0.1) is 0 Å². The van der Waals surface area contributed by atoms with E-state index in [1.54, 1.807) is 0 Å². The predicted molar refractivity (Wildman–Crippen MR) is 237 cm³/mol. The minimum absolute atomic E-state index is 0. The van der Waals surface area contributed by atoms with Crippen LogP contribution >= 0.6 is 12.0 Å². The molecule has 0 aromatic heterocycles. The first-order chi connectivity index (χ1) is 28.5. The fourth-order valence-corrected chi connectivity index (χ4v) is 10.2. The van der Waals surface area contributed by atoms with Crippen LogP contribution in [-0.4, -0.2) is 112 Å². The zero-order valence-electron chi connectivity index (χ0n) is 38.9. The molecule has 0 fully saturated rings. The Morgan fingerprint density at radius 2 is 1.30 bits per heavy atom. The van der Waals surface area contributed by atoms with Gasteiger partial charge in [-0.25, -0.2) is 16.8 Å². The average molecular weight is 998 g/mol. The van der Waals surface area contributed by atoms with Crippen molar-refractivity contribution in [1.29, 1.82) is 0 Å². The summed E-state index contributed by atoms with van der Waals surface area (Å²) in [6.45, 7) is 10.8. The van der Waals surface area contributed by atoms with Crippen molar-refractivity contribution in [2.75, 3.05) is 78.0 Å². The molecule has 2 aliphatic rings. The summed E-state index contributed by atoms with van der Waals surface area (Å²) >= 11 is 0.972. The van der Waals surface area contributed by atoms with Gasteiger partial charge in [-0.05, 0) is 101 Å². The monoisotopic (exact) mass is 997 g/mol. The number of unbranched alkanes of at least 4 members (excludes halogenated alkanes) is 4. The smallest absolute Gasteiger partial charge is 0.748 e. The second-order valence-corrected chi connectivity index (χ2v) is 22.1. The van der Waals surface area contributed by atoms with Gasteiger partial charge in [-0.2, -0.15) is 17.3 Å². The quantitative estimate of drug-likeness (QED) is 0.0181. The van der Waals surface area contributed by atoms with E-state index in [4.69, 9.17) is 0 Å². The van der Waals surface area contributed by atoms with Crippen LogP contribution in [-0.2, 0) is 50.6 Å². The van der Waals surface area contributed by atoms with Crippen LogP contribution in [0.3, 0.4) is 0 Å². The van der Waals surface area contributed by atoms with Crippen molar-refractivity contribution in [2.45, 2.75) is 89.9 Å². The van der Waals surface area contributed by atoms with Crippen LogP contribution in [0.15, 0.2) is 60.3 Å². The third-order valence-corrected chi connectivity index (χ3v) is 14.4. The van der Waals surface area contributed by atoms with Crippen molar-refractivity contribution in [3.05, 3.63) is 71.5 Å². The largest absolute Gasteiger partial charge is 1.00 e. The molecule has 2 aliphatic heterocycles. The summed E-state index contributed by atoms with van der Waals surface area (Å²) in [4.78, 5) is 6.36. The zero-order valence-corrected chi connectivity index (χ0v) is 48.1. The van der Waals surface area contributed by atoms with Crippen molar-refractivity contribution in [1.82, 2.24) is 0 Å². The number of hydrogen-bond donors (Lipinski definition) is 1. The molecule has 4 rings (SSSR count). The molecule has 0 saturated carbocycles. The number of nitrogens with zero attached hydrogens (tertiary/aromatic N) is 4. The van der Waals surface area contributed by atoms with Crippen LogP contribution < -0.4 is 109 Å². The van der Waals surface area contributed by atoms with E-state index >= 15 is 0 Å². The van der Waals surface area contributed by atoms with Gasteiger partial charge in [0.1, 0.15) is 6.54 Å². The molecule has 23 heteroatoms. The van der Waals surface area contributed by atoms with Crippen molar-refractivity contribution < 1.29 is 147 Å². The summed E-state index contributed by atoms with van der Waals surface area (Å²) in [7, 11) is -8.82. The fourth-order valence-electron chi connectivity index (χ4n) is 8.07. The van der Waals surface area contributed by atoms with Crippen LogP contribution in [0.2, 0.25) is 0 Å². The molecule has 342 valence electrons. The van der Waals surface area contributed by atoms with Gasteiger partial charge in [-0.1, -0.05) is 19.9 Å². The Morgan fingerprint density at radius 3 is 1.88 bits per heavy atom. The maximum Gasteiger partial charge on any atom is 1.00 e. The van der Waals surface area contributed by atoms with Crippen molar-refractivity contribution in [3.8, 4) is 0 Å². The van der Waals surface area contributed by atoms with Crippen LogP contribution in [0.5, 0.6) is 0 Å². The van der Waals surface area contributed by atoms with Gasteiger partial charge < -0.3 is 29.1 Å². The molecule has 2 aromatic carbocycles. The molecule has 2 aromatic rings. The number of hydrogen-bond acceptors (Lipinski definition) is 15. The fraction of sp³-hybridized carbons (Fsp3) is 0.585. The first-order valence-corrected chi connectivity index (χ1v) is 26.1. The molecule has 0 radical (unpaired) electrons. The zero-order chi connectivity index (χ0) is 45.2. The second kappa shape index (κ2) is 27.4. The molecule has 2 heterocycles. The van der Waals surface area contributed by atoms with Crippen molar-refractivity contribution in [3.63, 3.8) is 0 Å². The molecule has 0 bridgehead atoms. The Hall–Kier alpha value is -0.0500. The summed E-state index contributed by atoms with van der Waals surface area (Å²) in [5.74, 6) is -0.572. The average Bonchev–Trinajstić information content (AvgIpc) is 3.51. The van der Waals surface area contributed by atoms with Gasteiger partial charge in [-0.3, -0.25) is 9.59 Å². The second-order valence-electron chi connectivity index (χ2n) is 16.7. The Morgan fingerprint density at radius 1 is 0.750 bits per heavy atom. The minimum atomic E-state index is -4.36. The summed E-state index contributed by atoms with van der Waals surface area (Å²) in [5, 5.41) is 13.5. The normalized spacial score (nSPS) is 16.0. The summed E-state index contributed by atoms with van der Waals surface area (Å²) in [6.07, 6.45) is 10.1. The van der Waals surface area contributed by atoms with E-state index in [-0.39, 0.29) is 114 Å². The Labute approximate surface area is 451 Å². The van der Waals surface area contributed by atoms with E-state index in [0.29, 0.717) is 44.6 Å². The molecule has 0 atom stereocenters. The predicted octanol–water partition coefficient (Wildman–Crippen LogP) is -3.84. The molecule has 0 aliphatic carbocycles. The van der Waals surface area contributed by atoms with Crippen LogP contribution in [0.25, 0.3) is 0 Å². The topological polar surface area (TPSA) is 223 Å². The Balaban J connectivity index is 0.00000683. The van der Waals surface area contributed by atoms with Crippen LogP contribution in [0.1, 0.15) is 90.2 Å². The first kappa shape index (κ1) is 62.0. The molecule has 0 amide bonds. The number of benzene rings is 2. The van der Waals surface area contributed by atoms with Crippen molar-refractivity contribution in [2.24, 2.45) is 0 Å². The third kappa shape index (κ3) is 18.4. The van der Waals surface area contributed by atoms with Gasteiger partial charge in [0, 0.05) is 115 Å². The number of rotatable bonds is 26. The van der Waals surface area contributed by atoms with E-state index < -0.39 is 52.7 Å². The van der Waals surface area contributed by atoms with Crippen LogP contribution in [0.4, 0.5) is 22.7 Å². The first-order valence-electron chi connectivity index (χ1n) is 20.4. The minimum Gasteiger partial charge on any atom is -0.748 e. The molecule has 16 nitrogen and oxygen atoms in total. The van der Waals surface area contributed by atoms with E-state index in [1.807, 2.05) is 37.2 Å². The summed E-state index contributed by atoms with van der Waals surface area (Å²) < 4.78 is 107. The molecular weight excluding hydrogens is 938 g/mol. The maximum atomic E-state index is 11.5. The number of allylic oxidation sites excluding steroid dienone is 4. The van der Waals surface area contributed by atoms with Crippen molar-refractivity contribution >= 4 is 70.9 Å². The standard InChI is InChI=1S/C41H62N4O12S4.3Na/c1-40(2)34-30-32(42(5)22-7-11-26-58-57-56-46)18-20-36(34)44(24-9-13-28-60(50,51)52)38(40)16-15-17-39-41(3,4)35-31-33(43(6)23-8-12-27-59(47,48)49)19-21-37(35)45(39)25-10-14-29-61(53,54)55;;;/h15-21,30-31H,7-14,22-29H2,1-6H3,(H3-,46,47,48,49,50,51,52,53,54,55);;;/q;3*+1/p-2. The molecule has 0 spiro atoms. The Bertz CT molecular complexity index is 2280. The van der Waals surface area contributed by atoms with E-state index in [1.165, 1.54) is 0 Å². The van der Waals surface area contributed by atoms with Crippen LogP contribution in [0, 0.1) is 0 Å². The summed E-state index contributed by atoms with van der Waals surface area (Å²) in [5.41, 5.74) is 7.03. The van der Waals surface area contributed by atoms with Gasteiger partial charge >= 0.3 is 88.7 Å². The van der Waals surface area contributed by atoms with Gasteiger partial charge in [0.25, 0.3) is 10.1 Å². The van der Waals surface area contributed by atoms with Gasteiger partial charge in [0.2, 0.25) is 5.69 Å². The van der Waals surface area contributed by atoms with E-state index in [2.05, 4.69) is 87.9 Å². The molecule has 64 heavy (non-hydrogen) atoms. The molecule has 0 unspecified atom stereocenters. The van der Waals surface area contributed by atoms with Gasteiger partial charge in [0.15, 0.2) is 5.71 Å². The maximum absolute atomic E-state index is 11.5. The molecule has 1 N–H and O–H groups in total. The summed E-state index contributed by atoms with van der Waals surface area (Å²) in [6, 6.07) is 12.4. The number of anilines is 3. The Kier molecular flexibility index (Phi) is 26.5. The van der Waals surface area contributed by atoms with Gasteiger partial charge in [0.05, 0.1) is 31.4 Å². The third-order valence-electron chi connectivity index (χ3n) is 11.4.